The van der Waals surface area contributed by atoms with Crippen molar-refractivity contribution in [3.8, 4) is 0 Å². The van der Waals surface area contributed by atoms with E-state index in [1.165, 1.54) is 11.8 Å². The molecular formula is C17H25N5O4. The first-order valence-corrected chi connectivity index (χ1v) is 8.29. The van der Waals surface area contributed by atoms with Crippen LogP contribution in [0, 0.1) is 0 Å². The molecule has 2 rings (SSSR count). The fraction of sp³-hybridized carbons (Fsp3) is 0.529. The van der Waals surface area contributed by atoms with Gasteiger partial charge in [0.2, 0.25) is 11.9 Å². The highest BCUT2D eigenvalue weighted by Gasteiger charge is 2.32. The highest BCUT2D eigenvalue weighted by atomic mass is 16.6. The highest BCUT2D eigenvalue weighted by molar-refractivity contribution is 5.86. The number of hydroxylamine groups is 1. The quantitative estimate of drug-likeness (QED) is 0.468. The Hall–Kier alpha value is -2.52. The average Bonchev–Trinajstić information content (AvgIpc) is 2.52. The van der Waals surface area contributed by atoms with Crippen molar-refractivity contribution in [2.24, 2.45) is 0 Å². The summed E-state index contributed by atoms with van der Waals surface area (Å²) in [5.41, 5.74) is 3.70. The molecule has 0 spiro atoms. The first kappa shape index (κ1) is 19.8. The summed E-state index contributed by atoms with van der Waals surface area (Å²) in [5.74, 6) is -0.0817. The summed E-state index contributed by atoms with van der Waals surface area (Å²) in [7, 11) is 0. The minimum Gasteiger partial charge on any atom is -0.444 e. The third kappa shape index (κ3) is 5.50. The Labute approximate surface area is 152 Å². The van der Waals surface area contributed by atoms with E-state index in [0.717, 1.165) is 5.56 Å². The van der Waals surface area contributed by atoms with Crippen LogP contribution in [0.1, 0.15) is 45.0 Å². The number of carbonyl (C=O) groups is 2. The van der Waals surface area contributed by atoms with Crippen LogP contribution in [0.25, 0.3) is 0 Å². The van der Waals surface area contributed by atoms with Gasteiger partial charge in [-0.2, -0.15) is 5.48 Å². The predicted octanol–water partition coefficient (Wildman–Crippen LogP) is 1.93. The van der Waals surface area contributed by atoms with Crippen molar-refractivity contribution in [3.63, 3.8) is 0 Å². The Morgan fingerprint density at radius 1 is 1.46 bits per heavy atom. The predicted molar refractivity (Wildman–Crippen MR) is 95.0 cm³/mol. The molecule has 1 aromatic rings. The minimum absolute atomic E-state index is 0.188. The van der Waals surface area contributed by atoms with Gasteiger partial charge in [-0.05, 0) is 20.8 Å². The second kappa shape index (κ2) is 8.24. The zero-order valence-corrected chi connectivity index (χ0v) is 15.5. The topological polar surface area (TPSA) is 106 Å². The molecule has 1 aliphatic rings. The maximum Gasteiger partial charge on any atom is 0.410 e. The van der Waals surface area contributed by atoms with Crippen LogP contribution < -0.4 is 10.8 Å². The molecule has 0 fully saturated rings. The number of nitrogens with zero attached hydrogens (tertiary/aromatic N) is 3. The average molecular weight is 363 g/mol. The van der Waals surface area contributed by atoms with E-state index in [4.69, 9.17) is 9.57 Å². The van der Waals surface area contributed by atoms with E-state index in [2.05, 4.69) is 27.3 Å². The number of aromatic nitrogens is 2. The summed E-state index contributed by atoms with van der Waals surface area (Å²) in [6.45, 7) is 11.3. The number of hydrogen-bond acceptors (Lipinski definition) is 7. The Morgan fingerprint density at radius 3 is 2.81 bits per heavy atom. The van der Waals surface area contributed by atoms with Gasteiger partial charge < -0.3 is 9.64 Å². The molecular weight excluding hydrogens is 338 g/mol. The van der Waals surface area contributed by atoms with Gasteiger partial charge in [-0.1, -0.05) is 6.08 Å². The van der Waals surface area contributed by atoms with E-state index < -0.39 is 11.7 Å². The molecule has 142 valence electrons. The van der Waals surface area contributed by atoms with Crippen molar-refractivity contribution in [2.75, 3.05) is 18.5 Å². The lowest BCUT2D eigenvalue weighted by Gasteiger charge is -2.34. The van der Waals surface area contributed by atoms with Gasteiger partial charge >= 0.3 is 6.09 Å². The van der Waals surface area contributed by atoms with Crippen molar-refractivity contribution in [3.05, 3.63) is 30.1 Å². The van der Waals surface area contributed by atoms with Crippen LogP contribution >= 0.6 is 0 Å². The van der Waals surface area contributed by atoms with Gasteiger partial charge in [0.05, 0.1) is 24.9 Å². The van der Waals surface area contributed by atoms with Gasteiger partial charge in [0.15, 0.2) is 0 Å². The van der Waals surface area contributed by atoms with Crippen LogP contribution in [0.4, 0.5) is 10.7 Å². The maximum absolute atomic E-state index is 12.5. The fourth-order valence-electron chi connectivity index (χ4n) is 2.40. The second-order valence-corrected chi connectivity index (χ2v) is 6.91. The number of anilines is 1. The smallest absolute Gasteiger partial charge is 0.410 e. The Bertz CT molecular complexity index is 686. The minimum atomic E-state index is -0.605. The van der Waals surface area contributed by atoms with E-state index in [9.17, 15) is 9.59 Å². The van der Waals surface area contributed by atoms with Crippen LogP contribution in [-0.2, 0) is 20.9 Å². The summed E-state index contributed by atoms with van der Waals surface area (Å²) >= 11 is 0. The van der Waals surface area contributed by atoms with Gasteiger partial charge in [0.25, 0.3) is 0 Å². The van der Waals surface area contributed by atoms with E-state index in [1.807, 2.05) is 20.8 Å². The number of carbonyl (C=O) groups excluding carboxylic acids is 2. The van der Waals surface area contributed by atoms with Gasteiger partial charge in [0.1, 0.15) is 5.60 Å². The number of fused-ring (bicyclic) bond motifs is 1. The van der Waals surface area contributed by atoms with Crippen LogP contribution in [0.15, 0.2) is 18.9 Å². The molecule has 0 saturated carbocycles. The lowest BCUT2D eigenvalue weighted by Crippen LogP contribution is -2.45. The molecule has 0 saturated heterocycles. The molecule has 9 heteroatoms. The first-order chi connectivity index (χ1) is 12.2. The molecule has 1 unspecified atom stereocenters. The SMILES string of the molecule is C=CCONC1CN(C(=O)OC(C)(C)C)Cc2nc(NC(C)=O)ncc21. The molecule has 0 bridgehead atoms. The molecule has 0 aromatic carbocycles. The molecule has 0 radical (unpaired) electrons. The fourth-order valence-corrected chi connectivity index (χ4v) is 2.40. The lowest BCUT2D eigenvalue weighted by molar-refractivity contribution is -0.114. The van der Waals surface area contributed by atoms with Crippen molar-refractivity contribution >= 4 is 17.9 Å². The molecule has 2 N–H and O–H groups in total. The number of amides is 2. The van der Waals surface area contributed by atoms with Gasteiger partial charge in [0, 0.05) is 25.2 Å². The summed E-state index contributed by atoms with van der Waals surface area (Å²) in [4.78, 5) is 39.1. The third-order valence-electron chi connectivity index (χ3n) is 3.39. The van der Waals surface area contributed by atoms with E-state index in [0.29, 0.717) is 18.8 Å². The maximum atomic E-state index is 12.5. The van der Waals surface area contributed by atoms with Crippen LogP contribution in [-0.4, -0.2) is 45.6 Å². The normalized spacial score (nSPS) is 16.6. The molecule has 9 nitrogen and oxygen atoms in total. The van der Waals surface area contributed by atoms with Gasteiger partial charge in [-0.15, -0.1) is 6.58 Å². The Morgan fingerprint density at radius 2 is 2.19 bits per heavy atom. The standard InChI is InChI=1S/C17H25N5O4/c1-6-7-25-21-14-10-22(16(24)26-17(3,4)5)9-13-12(14)8-18-15(20-13)19-11(2)23/h6,8,14,21H,1,7,9-10H2,2-5H3,(H,18,19,20,23). The number of nitrogens with one attached hydrogen (secondary N) is 2. The summed E-state index contributed by atoms with van der Waals surface area (Å²) < 4.78 is 5.45. The first-order valence-electron chi connectivity index (χ1n) is 8.29. The summed E-state index contributed by atoms with van der Waals surface area (Å²) in [6.07, 6.45) is 2.78. The largest absolute Gasteiger partial charge is 0.444 e. The Balaban J connectivity index is 2.25. The van der Waals surface area contributed by atoms with Crippen molar-refractivity contribution in [2.45, 2.75) is 45.9 Å². The molecule has 1 aromatic heterocycles. The summed E-state index contributed by atoms with van der Waals surface area (Å²) in [6, 6.07) is -0.336. The molecule has 1 aliphatic heterocycles. The molecule has 0 aliphatic carbocycles. The number of hydrogen-bond donors (Lipinski definition) is 2. The third-order valence-corrected chi connectivity index (χ3v) is 3.39. The van der Waals surface area contributed by atoms with Crippen LogP contribution in [0.3, 0.4) is 0 Å². The van der Waals surface area contributed by atoms with Crippen LogP contribution in [0.2, 0.25) is 0 Å². The molecule has 26 heavy (non-hydrogen) atoms. The second-order valence-electron chi connectivity index (χ2n) is 6.91. The summed E-state index contributed by atoms with van der Waals surface area (Å²) in [5, 5.41) is 2.54. The highest BCUT2D eigenvalue weighted by Crippen LogP contribution is 2.27. The number of ether oxygens (including phenoxy) is 1. The zero-order valence-electron chi connectivity index (χ0n) is 15.5. The van der Waals surface area contributed by atoms with E-state index >= 15 is 0 Å². The molecule has 2 amide bonds. The van der Waals surface area contributed by atoms with Gasteiger partial charge in [-0.3, -0.25) is 14.9 Å². The molecule has 2 heterocycles. The van der Waals surface area contributed by atoms with Crippen LogP contribution in [0.5, 0.6) is 0 Å². The van der Waals surface area contributed by atoms with E-state index in [-0.39, 0.29) is 24.4 Å². The lowest BCUT2D eigenvalue weighted by atomic mass is 10.0. The van der Waals surface area contributed by atoms with Crippen molar-refractivity contribution in [1.29, 1.82) is 0 Å². The van der Waals surface area contributed by atoms with E-state index in [1.54, 1.807) is 12.3 Å². The zero-order chi connectivity index (χ0) is 19.3. The van der Waals surface area contributed by atoms with Crippen molar-refractivity contribution in [1.82, 2.24) is 20.3 Å². The molecule has 1 atom stereocenters. The Kier molecular flexibility index (Phi) is 6.27. The monoisotopic (exact) mass is 363 g/mol. The van der Waals surface area contributed by atoms with Crippen molar-refractivity contribution < 1.29 is 19.2 Å². The number of rotatable bonds is 5. The van der Waals surface area contributed by atoms with Gasteiger partial charge in [-0.25, -0.2) is 14.8 Å².